The van der Waals surface area contributed by atoms with Crippen LogP contribution in [-0.4, -0.2) is 40.2 Å². The van der Waals surface area contributed by atoms with Crippen LogP contribution in [0.3, 0.4) is 0 Å². The van der Waals surface area contributed by atoms with E-state index < -0.39 is 7.44 Å². The summed E-state index contributed by atoms with van der Waals surface area (Å²) in [6.45, 7) is 16.5. The molecule has 0 radical (unpaired) electrons. The van der Waals surface area contributed by atoms with E-state index in [1.165, 1.54) is 0 Å². The third-order valence-corrected chi connectivity index (χ3v) is 6.36. The minimum Gasteiger partial charge on any atom is -0.289 e. The molecule has 1 fully saturated rings. The molecule has 1 aliphatic heterocycles. The van der Waals surface area contributed by atoms with Crippen LogP contribution in [0.15, 0.2) is 0 Å². The second-order valence-electron chi connectivity index (χ2n) is 6.42. The van der Waals surface area contributed by atoms with Gasteiger partial charge in [0.05, 0.1) is 0 Å². The van der Waals surface area contributed by atoms with Crippen molar-refractivity contribution in [2.75, 3.05) is 19.8 Å². The van der Waals surface area contributed by atoms with Crippen molar-refractivity contribution in [1.82, 2.24) is 9.34 Å². The first-order valence-corrected chi connectivity index (χ1v) is 7.67. The van der Waals surface area contributed by atoms with Gasteiger partial charge < -0.3 is 0 Å². The highest BCUT2D eigenvalue weighted by Gasteiger charge is 2.47. The zero-order valence-electron chi connectivity index (χ0n) is 11.2. The van der Waals surface area contributed by atoms with E-state index in [1.54, 1.807) is 0 Å². The van der Waals surface area contributed by atoms with Crippen molar-refractivity contribution in [2.24, 2.45) is 0 Å². The lowest BCUT2D eigenvalue weighted by Crippen LogP contribution is -2.39. The molecule has 0 aromatic carbocycles. The van der Waals surface area contributed by atoms with Crippen LogP contribution in [0.25, 0.3) is 0 Å². The average Bonchev–Trinajstić information content (AvgIpc) is 2.21. The fourth-order valence-electron chi connectivity index (χ4n) is 2.47. The predicted molar refractivity (Wildman–Crippen MR) is 66.4 cm³/mol. The zero-order valence-corrected chi connectivity index (χ0v) is 12.1. The second kappa shape index (κ2) is 3.58. The SMILES string of the molecule is CC(C)(C)N1CCN(C(C)(C)C)P1(C)=O. The second-order valence-corrected chi connectivity index (χ2v) is 9.06. The van der Waals surface area contributed by atoms with Crippen molar-refractivity contribution in [3.63, 3.8) is 0 Å². The first kappa shape index (κ1) is 13.2. The maximum atomic E-state index is 12.8. The van der Waals surface area contributed by atoms with Crippen molar-refractivity contribution in [1.29, 1.82) is 0 Å². The molecule has 1 heterocycles. The van der Waals surface area contributed by atoms with Gasteiger partial charge in [-0.2, -0.15) is 0 Å². The normalized spacial score (nSPS) is 24.7. The fourth-order valence-corrected chi connectivity index (χ4v) is 5.88. The first-order valence-electron chi connectivity index (χ1n) is 5.61. The molecule has 15 heavy (non-hydrogen) atoms. The fraction of sp³-hybridized carbons (Fsp3) is 1.00. The molecule has 0 bridgehead atoms. The Hall–Kier alpha value is 0.150. The maximum Gasteiger partial charge on any atom is 0.214 e. The highest BCUT2D eigenvalue weighted by atomic mass is 31.2. The lowest BCUT2D eigenvalue weighted by molar-refractivity contribution is 0.269. The molecule has 0 atom stereocenters. The third kappa shape index (κ3) is 2.46. The van der Waals surface area contributed by atoms with Crippen LogP contribution in [0.4, 0.5) is 0 Å². The highest BCUT2D eigenvalue weighted by molar-refractivity contribution is 7.58. The van der Waals surface area contributed by atoms with Gasteiger partial charge in [-0.05, 0) is 41.5 Å². The van der Waals surface area contributed by atoms with Gasteiger partial charge in [0.25, 0.3) is 0 Å². The Kier molecular flexibility index (Phi) is 3.15. The van der Waals surface area contributed by atoms with E-state index in [0.29, 0.717) is 0 Å². The van der Waals surface area contributed by atoms with Crippen LogP contribution in [0.1, 0.15) is 41.5 Å². The van der Waals surface area contributed by atoms with Gasteiger partial charge in [0.15, 0.2) is 0 Å². The lowest BCUT2D eigenvalue weighted by Gasteiger charge is -2.40. The van der Waals surface area contributed by atoms with E-state index in [9.17, 15) is 4.57 Å². The summed E-state index contributed by atoms with van der Waals surface area (Å²) in [6, 6.07) is 0. The number of nitrogens with zero attached hydrogens (tertiary/aromatic N) is 2. The van der Waals surface area contributed by atoms with Gasteiger partial charge in [0.2, 0.25) is 7.44 Å². The largest absolute Gasteiger partial charge is 0.289 e. The molecule has 3 nitrogen and oxygen atoms in total. The molecule has 0 saturated carbocycles. The van der Waals surface area contributed by atoms with Crippen LogP contribution in [0.5, 0.6) is 0 Å². The van der Waals surface area contributed by atoms with Gasteiger partial charge in [-0.15, -0.1) is 0 Å². The molecule has 0 unspecified atom stereocenters. The first-order chi connectivity index (χ1) is 6.47. The third-order valence-electron chi connectivity index (χ3n) is 2.97. The van der Waals surface area contributed by atoms with Crippen molar-refractivity contribution in [3.05, 3.63) is 0 Å². The van der Waals surface area contributed by atoms with E-state index in [0.717, 1.165) is 13.1 Å². The molecule has 0 aromatic rings. The zero-order chi connectivity index (χ0) is 12.1. The highest BCUT2D eigenvalue weighted by Crippen LogP contribution is 2.59. The van der Waals surface area contributed by atoms with E-state index in [4.69, 9.17) is 0 Å². The molecule has 0 N–H and O–H groups in total. The summed E-state index contributed by atoms with van der Waals surface area (Å²) >= 11 is 0. The quantitative estimate of drug-likeness (QED) is 0.600. The smallest absolute Gasteiger partial charge is 0.214 e. The number of hydrogen-bond acceptors (Lipinski definition) is 1. The molecular formula is C11H25N2OP. The minimum atomic E-state index is -2.34. The Labute approximate surface area is 94.3 Å². The number of rotatable bonds is 0. The van der Waals surface area contributed by atoms with Crippen LogP contribution in [-0.2, 0) is 4.57 Å². The molecule has 0 aromatic heterocycles. The van der Waals surface area contributed by atoms with Crippen LogP contribution in [0.2, 0.25) is 0 Å². The van der Waals surface area contributed by atoms with E-state index >= 15 is 0 Å². The van der Waals surface area contributed by atoms with Crippen molar-refractivity contribution in [2.45, 2.75) is 52.6 Å². The standard InChI is InChI=1S/C11H25N2OP/c1-10(2,3)12-8-9-13(11(4,5)6)15(12,7)14/h8-9H2,1-7H3. The summed E-state index contributed by atoms with van der Waals surface area (Å²) in [4.78, 5) is 0. The lowest BCUT2D eigenvalue weighted by atomic mass is 10.1. The summed E-state index contributed by atoms with van der Waals surface area (Å²) in [5.41, 5.74) is -0.0193. The van der Waals surface area contributed by atoms with Gasteiger partial charge >= 0.3 is 0 Å². The van der Waals surface area contributed by atoms with Crippen LogP contribution < -0.4 is 0 Å². The molecule has 0 spiro atoms. The molecule has 4 heteroatoms. The summed E-state index contributed by atoms with van der Waals surface area (Å²) in [7, 11) is -2.34. The van der Waals surface area contributed by atoms with Crippen molar-refractivity contribution >= 4 is 7.44 Å². The molecular weight excluding hydrogens is 207 g/mol. The Balaban J connectivity index is 3.01. The van der Waals surface area contributed by atoms with Crippen molar-refractivity contribution < 1.29 is 4.57 Å². The van der Waals surface area contributed by atoms with E-state index in [-0.39, 0.29) is 11.1 Å². The van der Waals surface area contributed by atoms with Gasteiger partial charge in [-0.25, -0.2) is 9.34 Å². The number of hydrogen-bond donors (Lipinski definition) is 0. The average molecular weight is 232 g/mol. The molecule has 90 valence electrons. The summed E-state index contributed by atoms with van der Waals surface area (Å²) in [5, 5.41) is 0. The Morgan fingerprint density at radius 2 is 1.13 bits per heavy atom. The molecule has 0 amide bonds. The van der Waals surface area contributed by atoms with Crippen molar-refractivity contribution in [3.8, 4) is 0 Å². The molecule has 1 rings (SSSR count). The summed E-state index contributed by atoms with van der Waals surface area (Å²) in [6.07, 6.45) is 0. The minimum absolute atomic E-state index is 0.00965. The predicted octanol–water partition coefficient (Wildman–Crippen LogP) is 3.02. The Morgan fingerprint density at radius 3 is 1.27 bits per heavy atom. The van der Waals surface area contributed by atoms with Crippen LogP contribution in [0, 0.1) is 0 Å². The maximum absolute atomic E-state index is 12.8. The van der Waals surface area contributed by atoms with Gasteiger partial charge in [-0.1, -0.05) is 0 Å². The topological polar surface area (TPSA) is 23.6 Å². The summed E-state index contributed by atoms with van der Waals surface area (Å²) in [5.74, 6) is 0. The molecule has 1 aliphatic rings. The molecule has 0 aliphatic carbocycles. The van der Waals surface area contributed by atoms with E-state index in [2.05, 4.69) is 50.9 Å². The monoisotopic (exact) mass is 232 g/mol. The molecule has 1 saturated heterocycles. The Morgan fingerprint density at radius 1 is 0.867 bits per heavy atom. The van der Waals surface area contributed by atoms with Gasteiger partial charge in [0.1, 0.15) is 0 Å². The van der Waals surface area contributed by atoms with E-state index in [1.807, 2.05) is 6.66 Å². The Bertz CT molecular complexity index is 262. The summed E-state index contributed by atoms with van der Waals surface area (Å²) < 4.78 is 17.1. The van der Waals surface area contributed by atoms with Crippen LogP contribution >= 0.6 is 7.44 Å². The van der Waals surface area contributed by atoms with Gasteiger partial charge in [-0.3, -0.25) is 4.57 Å². The van der Waals surface area contributed by atoms with Gasteiger partial charge in [0, 0.05) is 30.8 Å².